The predicted octanol–water partition coefficient (Wildman–Crippen LogP) is -0.269. The molecule has 1 aliphatic heterocycles. The van der Waals surface area contributed by atoms with Gasteiger partial charge in [0, 0.05) is 19.5 Å². The van der Waals surface area contributed by atoms with E-state index in [1.807, 2.05) is 0 Å². The van der Waals surface area contributed by atoms with Crippen LogP contribution < -0.4 is 5.73 Å². The Hall–Kier alpha value is -1.14. The first kappa shape index (κ1) is 14.9. The zero-order valence-corrected chi connectivity index (χ0v) is 11.1. The molecule has 0 aromatic rings. The smallest absolute Gasteiger partial charge is 0.303 e. The Labute approximate surface area is 108 Å². The van der Waals surface area contributed by atoms with Gasteiger partial charge in [0.2, 0.25) is 5.91 Å². The molecular weight excluding hydrogens is 234 g/mol. The highest BCUT2D eigenvalue weighted by Gasteiger charge is 2.27. The SMILES string of the molecule is CN1CCC(N(C)C(=O)C(N)CCC(=O)O)CC1. The summed E-state index contributed by atoms with van der Waals surface area (Å²) in [5, 5.41) is 8.57. The first-order chi connectivity index (χ1) is 8.41. The number of likely N-dealkylation sites (N-methyl/N-ethyl adjacent to an activating group) is 1. The Bertz CT molecular complexity index is 301. The molecule has 0 spiro atoms. The molecule has 1 fully saturated rings. The summed E-state index contributed by atoms with van der Waals surface area (Å²) in [6, 6.07) is -0.477. The molecule has 6 heteroatoms. The molecule has 0 radical (unpaired) electrons. The van der Waals surface area contributed by atoms with Crippen molar-refractivity contribution >= 4 is 11.9 Å². The standard InChI is InChI=1S/C12H23N3O3/c1-14-7-5-9(6-8-14)15(2)12(18)10(13)3-4-11(16)17/h9-10H,3-8,13H2,1-2H3,(H,16,17). The van der Waals surface area contributed by atoms with Gasteiger partial charge in [-0.05, 0) is 39.4 Å². The van der Waals surface area contributed by atoms with Gasteiger partial charge in [0.25, 0.3) is 0 Å². The lowest BCUT2D eigenvalue weighted by atomic mass is 10.0. The number of aliphatic carboxylic acids is 1. The summed E-state index contributed by atoms with van der Waals surface area (Å²) in [4.78, 5) is 26.4. The molecule has 1 heterocycles. The average Bonchev–Trinajstić information content (AvgIpc) is 2.35. The van der Waals surface area contributed by atoms with Crippen molar-refractivity contribution in [3.8, 4) is 0 Å². The summed E-state index contributed by atoms with van der Waals surface area (Å²) in [5.41, 5.74) is 5.74. The number of carbonyl (C=O) groups is 2. The van der Waals surface area contributed by atoms with Gasteiger partial charge in [-0.3, -0.25) is 9.59 Å². The van der Waals surface area contributed by atoms with Crippen molar-refractivity contribution in [2.45, 2.75) is 37.8 Å². The summed E-state index contributed by atoms with van der Waals surface area (Å²) in [7, 11) is 3.83. The van der Waals surface area contributed by atoms with Gasteiger partial charge in [-0.1, -0.05) is 0 Å². The summed E-state index contributed by atoms with van der Waals surface area (Å²) >= 11 is 0. The van der Waals surface area contributed by atoms with Gasteiger partial charge in [-0.2, -0.15) is 0 Å². The van der Waals surface area contributed by atoms with Crippen LogP contribution in [0.3, 0.4) is 0 Å². The topological polar surface area (TPSA) is 86.9 Å². The summed E-state index contributed by atoms with van der Waals surface area (Å²) in [5.74, 6) is -1.06. The molecule has 18 heavy (non-hydrogen) atoms. The van der Waals surface area contributed by atoms with E-state index in [1.54, 1.807) is 11.9 Å². The number of amides is 1. The Balaban J connectivity index is 2.42. The van der Waals surface area contributed by atoms with Crippen LogP contribution in [0.5, 0.6) is 0 Å². The molecule has 0 aromatic carbocycles. The van der Waals surface area contributed by atoms with Gasteiger partial charge < -0.3 is 20.6 Å². The van der Waals surface area contributed by atoms with E-state index in [2.05, 4.69) is 11.9 Å². The molecule has 1 amide bonds. The third-order valence-electron chi connectivity index (χ3n) is 3.57. The van der Waals surface area contributed by atoms with Crippen molar-refractivity contribution in [1.29, 1.82) is 0 Å². The molecule has 1 rings (SSSR count). The van der Waals surface area contributed by atoms with Crippen molar-refractivity contribution in [2.75, 3.05) is 27.2 Å². The lowest BCUT2D eigenvalue weighted by molar-refractivity contribution is -0.138. The quantitative estimate of drug-likeness (QED) is 0.708. The molecule has 0 saturated carbocycles. The van der Waals surface area contributed by atoms with E-state index in [1.165, 1.54) is 0 Å². The van der Waals surface area contributed by atoms with Gasteiger partial charge in [-0.15, -0.1) is 0 Å². The van der Waals surface area contributed by atoms with Crippen LogP contribution in [-0.2, 0) is 9.59 Å². The van der Waals surface area contributed by atoms with Gasteiger partial charge in [0.15, 0.2) is 0 Å². The second-order valence-corrected chi connectivity index (χ2v) is 5.02. The number of piperidine rings is 1. The highest BCUT2D eigenvalue weighted by Crippen LogP contribution is 2.15. The first-order valence-electron chi connectivity index (χ1n) is 6.34. The highest BCUT2D eigenvalue weighted by atomic mass is 16.4. The van der Waals surface area contributed by atoms with Crippen LogP contribution in [0.4, 0.5) is 0 Å². The zero-order chi connectivity index (χ0) is 13.7. The first-order valence-corrected chi connectivity index (χ1v) is 6.34. The van der Waals surface area contributed by atoms with Crippen LogP contribution >= 0.6 is 0 Å². The predicted molar refractivity (Wildman–Crippen MR) is 68.1 cm³/mol. The summed E-state index contributed by atoms with van der Waals surface area (Å²) in [6.07, 6.45) is 2.04. The Kier molecular flexibility index (Phi) is 5.55. The van der Waals surface area contributed by atoms with Crippen LogP contribution in [-0.4, -0.2) is 66.1 Å². The maximum absolute atomic E-state index is 12.0. The van der Waals surface area contributed by atoms with Gasteiger partial charge in [0.05, 0.1) is 6.04 Å². The van der Waals surface area contributed by atoms with Gasteiger partial charge >= 0.3 is 5.97 Å². The fourth-order valence-corrected chi connectivity index (χ4v) is 2.23. The number of carbonyl (C=O) groups excluding carboxylic acids is 1. The van der Waals surface area contributed by atoms with Crippen molar-refractivity contribution < 1.29 is 14.7 Å². The van der Waals surface area contributed by atoms with Crippen LogP contribution in [0, 0.1) is 0 Å². The van der Waals surface area contributed by atoms with E-state index >= 15 is 0 Å². The second-order valence-electron chi connectivity index (χ2n) is 5.02. The van der Waals surface area contributed by atoms with Crippen LogP contribution in [0.1, 0.15) is 25.7 Å². The lowest BCUT2D eigenvalue weighted by Crippen LogP contribution is -2.50. The molecule has 1 aliphatic rings. The highest BCUT2D eigenvalue weighted by molar-refractivity contribution is 5.82. The van der Waals surface area contributed by atoms with E-state index in [0.29, 0.717) is 0 Å². The fraction of sp³-hybridized carbons (Fsp3) is 0.833. The number of rotatable bonds is 5. The Morgan fingerprint density at radius 1 is 1.44 bits per heavy atom. The summed E-state index contributed by atoms with van der Waals surface area (Å²) in [6.45, 7) is 1.96. The number of carboxylic acid groups (broad SMARTS) is 1. The molecule has 1 saturated heterocycles. The van der Waals surface area contributed by atoms with E-state index < -0.39 is 12.0 Å². The van der Waals surface area contributed by atoms with Crippen LogP contribution in [0.2, 0.25) is 0 Å². The molecule has 0 aromatic heterocycles. The molecule has 3 N–H and O–H groups in total. The van der Waals surface area contributed by atoms with Crippen molar-refractivity contribution in [1.82, 2.24) is 9.80 Å². The molecule has 104 valence electrons. The third-order valence-corrected chi connectivity index (χ3v) is 3.57. The van der Waals surface area contributed by atoms with Crippen molar-refractivity contribution in [3.05, 3.63) is 0 Å². The zero-order valence-electron chi connectivity index (χ0n) is 11.1. The fourth-order valence-electron chi connectivity index (χ4n) is 2.23. The van der Waals surface area contributed by atoms with Crippen LogP contribution in [0.25, 0.3) is 0 Å². The Morgan fingerprint density at radius 2 is 2.00 bits per heavy atom. The minimum absolute atomic E-state index is 0.0614. The molecular formula is C12H23N3O3. The normalized spacial score (nSPS) is 19.5. The number of carboxylic acids is 1. The molecule has 1 atom stereocenters. The maximum atomic E-state index is 12.0. The van der Waals surface area contributed by atoms with E-state index in [4.69, 9.17) is 10.8 Å². The third kappa shape index (κ3) is 4.27. The molecule has 0 bridgehead atoms. The molecule has 1 unspecified atom stereocenters. The summed E-state index contributed by atoms with van der Waals surface area (Å²) < 4.78 is 0. The minimum atomic E-state index is -0.916. The number of hydrogen-bond donors (Lipinski definition) is 2. The van der Waals surface area contributed by atoms with E-state index in [0.717, 1.165) is 25.9 Å². The van der Waals surface area contributed by atoms with Crippen LogP contribution in [0.15, 0.2) is 0 Å². The number of hydrogen-bond acceptors (Lipinski definition) is 4. The molecule has 6 nitrogen and oxygen atoms in total. The number of nitrogens with zero attached hydrogens (tertiary/aromatic N) is 2. The average molecular weight is 257 g/mol. The minimum Gasteiger partial charge on any atom is -0.481 e. The van der Waals surface area contributed by atoms with Crippen molar-refractivity contribution in [2.24, 2.45) is 5.73 Å². The largest absolute Gasteiger partial charge is 0.481 e. The van der Waals surface area contributed by atoms with E-state index in [-0.39, 0.29) is 24.8 Å². The maximum Gasteiger partial charge on any atom is 0.303 e. The number of nitrogens with two attached hydrogens (primary N) is 1. The van der Waals surface area contributed by atoms with Gasteiger partial charge in [0.1, 0.15) is 0 Å². The Morgan fingerprint density at radius 3 is 2.50 bits per heavy atom. The van der Waals surface area contributed by atoms with Gasteiger partial charge in [-0.25, -0.2) is 0 Å². The van der Waals surface area contributed by atoms with Crippen molar-refractivity contribution in [3.63, 3.8) is 0 Å². The lowest BCUT2D eigenvalue weighted by Gasteiger charge is -2.36. The second kappa shape index (κ2) is 6.70. The van der Waals surface area contributed by atoms with E-state index in [9.17, 15) is 9.59 Å². The number of likely N-dealkylation sites (tertiary alicyclic amines) is 1. The molecule has 0 aliphatic carbocycles. The monoisotopic (exact) mass is 257 g/mol.